The fourth-order valence-electron chi connectivity index (χ4n) is 3.67. The van der Waals surface area contributed by atoms with E-state index in [1.165, 1.54) is 18.2 Å². The molecule has 31 heavy (non-hydrogen) atoms. The molecule has 0 radical (unpaired) electrons. The number of carbonyl (C=O) groups is 2. The second kappa shape index (κ2) is 9.42. The SMILES string of the molecule is O=C(NCC1CCCN(C(=O)c2cc(-c3ccccc3)no2)C1)Nc1cccc(F)c1. The molecule has 1 aliphatic rings. The summed E-state index contributed by atoms with van der Waals surface area (Å²) in [7, 11) is 0. The van der Waals surface area contributed by atoms with E-state index in [-0.39, 0.29) is 17.6 Å². The van der Waals surface area contributed by atoms with Crippen molar-refractivity contribution in [2.45, 2.75) is 12.8 Å². The summed E-state index contributed by atoms with van der Waals surface area (Å²) >= 11 is 0. The van der Waals surface area contributed by atoms with Gasteiger partial charge in [0.25, 0.3) is 5.91 Å². The Bertz CT molecular complexity index is 1050. The van der Waals surface area contributed by atoms with Crippen LogP contribution in [0.2, 0.25) is 0 Å². The summed E-state index contributed by atoms with van der Waals surface area (Å²) in [5.41, 5.74) is 1.89. The first kappa shape index (κ1) is 20.6. The molecule has 2 aromatic carbocycles. The summed E-state index contributed by atoms with van der Waals surface area (Å²) < 4.78 is 18.5. The number of benzene rings is 2. The molecule has 1 aromatic heterocycles. The third-order valence-electron chi connectivity index (χ3n) is 5.23. The van der Waals surface area contributed by atoms with Crippen LogP contribution < -0.4 is 10.6 Å². The molecular weight excluding hydrogens is 399 g/mol. The van der Waals surface area contributed by atoms with Gasteiger partial charge in [-0.3, -0.25) is 4.79 Å². The molecular formula is C23H23FN4O3. The molecule has 4 rings (SSSR count). The highest BCUT2D eigenvalue weighted by Gasteiger charge is 2.27. The predicted molar refractivity (Wildman–Crippen MR) is 114 cm³/mol. The summed E-state index contributed by atoms with van der Waals surface area (Å²) in [5.74, 6) is -0.297. The number of hydrogen-bond donors (Lipinski definition) is 2. The van der Waals surface area contributed by atoms with Crippen LogP contribution in [0.25, 0.3) is 11.3 Å². The highest BCUT2D eigenvalue weighted by molar-refractivity contribution is 5.92. The van der Waals surface area contributed by atoms with Gasteiger partial charge in [-0.1, -0.05) is 41.6 Å². The Balaban J connectivity index is 1.30. The number of likely N-dealkylation sites (tertiary alicyclic amines) is 1. The van der Waals surface area contributed by atoms with Gasteiger partial charge < -0.3 is 20.1 Å². The summed E-state index contributed by atoms with van der Waals surface area (Å²) in [5, 5.41) is 9.42. The van der Waals surface area contributed by atoms with Crippen LogP contribution in [0.5, 0.6) is 0 Å². The molecule has 0 aliphatic carbocycles. The number of carbonyl (C=O) groups excluding carboxylic acids is 2. The van der Waals surface area contributed by atoms with Gasteiger partial charge in [0.15, 0.2) is 0 Å². The molecule has 2 heterocycles. The van der Waals surface area contributed by atoms with Gasteiger partial charge in [0.05, 0.1) is 0 Å². The standard InChI is InChI=1S/C23H23FN4O3/c24-18-9-4-10-19(12-18)26-23(30)25-14-16-6-5-11-28(15-16)22(29)21-13-20(27-31-21)17-7-2-1-3-8-17/h1-4,7-10,12-13,16H,5-6,11,14-15H2,(H2,25,26,30). The topological polar surface area (TPSA) is 87.5 Å². The van der Waals surface area contributed by atoms with Crippen molar-refractivity contribution in [1.82, 2.24) is 15.4 Å². The average Bonchev–Trinajstić information content (AvgIpc) is 3.28. The number of urea groups is 1. The number of hydrogen-bond acceptors (Lipinski definition) is 4. The van der Waals surface area contributed by atoms with Crippen molar-refractivity contribution in [1.29, 1.82) is 0 Å². The molecule has 0 spiro atoms. The highest BCUT2D eigenvalue weighted by atomic mass is 19.1. The molecule has 0 saturated carbocycles. The summed E-state index contributed by atoms with van der Waals surface area (Å²) in [4.78, 5) is 26.7. The minimum atomic E-state index is -0.415. The lowest BCUT2D eigenvalue weighted by Crippen LogP contribution is -2.44. The molecule has 3 aromatic rings. The van der Waals surface area contributed by atoms with Crippen molar-refractivity contribution in [2.24, 2.45) is 5.92 Å². The minimum absolute atomic E-state index is 0.118. The van der Waals surface area contributed by atoms with E-state index < -0.39 is 11.8 Å². The van der Waals surface area contributed by atoms with Crippen LogP contribution in [-0.2, 0) is 0 Å². The molecule has 160 valence electrons. The Morgan fingerprint density at radius 2 is 1.97 bits per heavy atom. The third kappa shape index (κ3) is 5.28. The van der Waals surface area contributed by atoms with Gasteiger partial charge in [0, 0.05) is 37.0 Å². The lowest BCUT2D eigenvalue weighted by atomic mass is 9.98. The van der Waals surface area contributed by atoms with E-state index in [0.29, 0.717) is 31.0 Å². The Morgan fingerprint density at radius 3 is 2.77 bits per heavy atom. The molecule has 1 aliphatic heterocycles. The van der Waals surface area contributed by atoms with E-state index in [2.05, 4.69) is 15.8 Å². The summed E-state index contributed by atoms with van der Waals surface area (Å²) in [6.45, 7) is 1.56. The van der Waals surface area contributed by atoms with Gasteiger partial charge in [-0.25, -0.2) is 9.18 Å². The van der Waals surface area contributed by atoms with Crippen LogP contribution >= 0.6 is 0 Å². The van der Waals surface area contributed by atoms with Crippen LogP contribution in [0.15, 0.2) is 65.2 Å². The quantitative estimate of drug-likeness (QED) is 0.647. The molecule has 0 bridgehead atoms. The zero-order valence-corrected chi connectivity index (χ0v) is 16.9. The number of nitrogens with zero attached hydrogens (tertiary/aromatic N) is 2. The van der Waals surface area contributed by atoms with E-state index in [9.17, 15) is 14.0 Å². The molecule has 1 unspecified atom stereocenters. The summed E-state index contributed by atoms with van der Waals surface area (Å²) in [6, 6.07) is 16.5. The maximum atomic E-state index is 13.2. The van der Waals surface area contributed by atoms with Gasteiger partial charge in [0.1, 0.15) is 11.5 Å². The Kier molecular flexibility index (Phi) is 6.26. The largest absolute Gasteiger partial charge is 0.350 e. The van der Waals surface area contributed by atoms with Gasteiger partial charge in [0.2, 0.25) is 5.76 Å². The number of halogens is 1. The van der Waals surface area contributed by atoms with E-state index in [0.717, 1.165) is 18.4 Å². The first-order valence-electron chi connectivity index (χ1n) is 10.2. The van der Waals surface area contributed by atoms with Gasteiger partial charge in [-0.2, -0.15) is 0 Å². The second-order valence-corrected chi connectivity index (χ2v) is 7.55. The molecule has 1 saturated heterocycles. The minimum Gasteiger partial charge on any atom is -0.350 e. The van der Waals surface area contributed by atoms with Crippen molar-refractivity contribution in [2.75, 3.05) is 25.0 Å². The van der Waals surface area contributed by atoms with Crippen molar-refractivity contribution < 1.29 is 18.5 Å². The molecule has 1 atom stereocenters. The number of rotatable bonds is 5. The normalized spacial score (nSPS) is 16.0. The average molecular weight is 422 g/mol. The van der Waals surface area contributed by atoms with Crippen LogP contribution in [0.4, 0.5) is 14.9 Å². The zero-order valence-electron chi connectivity index (χ0n) is 16.9. The number of amides is 3. The first-order chi connectivity index (χ1) is 15.1. The van der Waals surface area contributed by atoms with Crippen LogP contribution in [-0.4, -0.2) is 41.6 Å². The van der Waals surface area contributed by atoms with Gasteiger partial charge >= 0.3 is 6.03 Å². The van der Waals surface area contributed by atoms with E-state index in [1.54, 1.807) is 17.0 Å². The monoisotopic (exact) mass is 422 g/mol. The molecule has 2 N–H and O–H groups in total. The Hall–Kier alpha value is -3.68. The van der Waals surface area contributed by atoms with E-state index >= 15 is 0 Å². The number of nitrogens with one attached hydrogen (secondary N) is 2. The Labute approximate surface area is 179 Å². The molecule has 7 nitrogen and oxygen atoms in total. The van der Waals surface area contributed by atoms with Gasteiger partial charge in [-0.05, 0) is 37.0 Å². The lowest BCUT2D eigenvalue weighted by molar-refractivity contribution is 0.0633. The molecule has 1 fully saturated rings. The maximum Gasteiger partial charge on any atom is 0.319 e. The van der Waals surface area contributed by atoms with Crippen LogP contribution in [0.1, 0.15) is 23.4 Å². The second-order valence-electron chi connectivity index (χ2n) is 7.55. The Morgan fingerprint density at radius 1 is 1.13 bits per heavy atom. The number of anilines is 1. The lowest BCUT2D eigenvalue weighted by Gasteiger charge is -2.32. The zero-order chi connectivity index (χ0) is 21.6. The van der Waals surface area contributed by atoms with E-state index in [4.69, 9.17) is 4.52 Å². The predicted octanol–water partition coefficient (Wildman–Crippen LogP) is 4.15. The highest BCUT2D eigenvalue weighted by Crippen LogP contribution is 2.22. The third-order valence-corrected chi connectivity index (χ3v) is 5.23. The van der Waals surface area contributed by atoms with E-state index in [1.807, 2.05) is 30.3 Å². The van der Waals surface area contributed by atoms with Crippen LogP contribution in [0.3, 0.4) is 0 Å². The summed E-state index contributed by atoms with van der Waals surface area (Å²) in [6.07, 6.45) is 1.74. The number of piperidine rings is 1. The molecule has 8 heteroatoms. The molecule has 3 amide bonds. The van der Waals surface area contributed by atoms with Gasteiger partial charge in [-0.15, -0.1) is 0 Å². The van der Waals surface area contributed by atoms with Crippen LogP contribution in [0, 0.1) is 11.7 Å². The smallest absolute Gasteiger partial charge is 0.319 e. The fraction of sp³-hybridized carbons (Fsp3) is 0.261. The van der Waals surface area contributed by atoms with Crippen molar-refractivity contribution in [3.63, 3.8) is 0 Å². The van der Waals surface area contributed by atoms with Crippen molar-refractivity contribution >= 4 is 17.6 Å². The first-order valence-corrected chi connectivity index (χ1v) is 10.2. The van der Waals surface area contributed by atoms with Crippen molar-refractivity contribution in [3.8, 4) is 11.3 Å². The number of aromatic nitrogens is 1. The fourth-order valence-corrected chi connectivity index (χ4v) is 3.67. The van der Waals surface area contributed by atoms with Crippen molar-refractivity contribution in [3.05, 3.63) is 72.2 Å². The maximum absolute atomic E-state index is 13.2.